The van der Waals surface area contributed by atoms with E-state index in [0.29, 0.717) is 34.9 Å². The van der Waals surface area contributed by atoms with Gasteiger partial charge >= 0.3 is 0 Å². The maximum absolute atomic E-state index is 13.2. The first-order valence-electron chi connectivity index (χ1n) is 9.55. The SMILES string of the molecule is O=S(=O)(c1ccc2c(c1)C=CCC2)N1CCc2c(nn(-c3ccccn3)c2O)C1. The third kappa shape index (κ3) is 3.04. The van der Waals surface area contributed by atoms with Gasteiger partial charge in [-0.15, -0.1) is 0 Å². The van der Waals surface area contributed by atoms with Crippen LogP contribution in [-0.4, -0.2) is 39.1 Å². The molecule has 1 aliphatic heterocycles. The Hall–Kier alpha value is -2.97. The van der Waals surface area contributed by atoms with Gasteiger partial charge in [0.25, 0.3) is 0 Å². The molecule has 0 fully saturated rings. The molecule has 0 saturated heterocycles. The Morgan fingerprint density at radius 3 is 2.83 bits per heavy atom. The largest absolute Gasteiger partial charge is 0.493 e. The molecule has 2 aromatic heterocycles. The van der Waals surface area contributed by atoms with E-state index in [1.165, 1.54) is 14.6 Å². The first kappa shape index (κ1) is 18.1. The summed E-state index contributed by atoms with van der Waals surface area (Å²) in [5.41, 5.74) is 3.37. The van der Waals surface area contributed by atoms with Crippen LogP contribution < -0.4 is 0 Å². The summed E-state index contributed by atoms with van der Waals surface area (Å²) in [6.07, 6.45) is 7.99. The molecule has 148 valence electrons. The van der Waals surface area contributed by atoms with Crippen molar-refractivity contribution in [2.75, 3.05) is 6.54 Å². The van der Waals surface area contributed by atoms with Crippen molar-refractivity contribution in [3.05, 3.63) is 71.1 Å². The molecule has 0 unspecified atom stereocenters. The zero-order chi connectivity index (χ0) is 20.0. The number of aromatic hydroxyl groups is 1. The third-order valence-corrected chi connectivity index (χ3v) is 7.32. The molecule has 1 N–H and O–H groups in total. The standard InChI is InChI=1S/C21H20N4O3S/c26-21-18-10-12-24(14-19(18)23-25(21)20-7-3-4-11-22-20)29(27,28)17-9-8-15-5-1-2-6-16(15)13-17/h2-4,6-9,11,13,26H,1,5,10,12,14H2. The van der Waals surface area contributed by atoms with Crippen LogP contribution in [0.4, 0.5) is 0 Å². The smallest absolute Gasteiger partial charge is 0.243 e. The van der Waals surface area contributed by atoms with Crippen molar-refractivity contribution in [3.8, 4) is 11.7 Å². The van der Waals surface area contributed by atoms with Gasteiger partial charge in [-0.3, -0.25) is 0 Å². The molecule has 0 amide bonds. The van der Waals surface area contributed by atoms with Gasteiger partial charge in [0.05, 0.1) is 17.1 Å². The number of fused-ring (bicyclic) bond motifs is 2. The van der Waals surface area contributed by atoms with Gasteiger partial charge in [-0.1, -0.05) is 24.3 Å². The Morgan fingerprint density at radius 2 is 2.00 bits per heavy atom. The third-order valence-electron chi connectivity index (χ3n) is 5.48. The van der Waals surface area contributed by atoms with E-state index in [-0.39, 0.29) is 12.4 Å². The summed E-state index contributed by atoms with van der Waals surface area (Å²) in [5, 5.41) is 15.0. The molecule has 2 aliphatic rings. The summed E-state index contributed by atoms with van der Waals surface area (Å²) in [6.45, 7) is 0.418. The second-order valence-corrected chi connectivity index (χ2v) is 9.18. The average molecular weight is 408 g/mol. The number of hydrogen-bond acceptors (Lipinski definition) is 5. The van der Waals surface area contributed by atoms with Crippen LogP contribution in [0, 0.1) is 0 Å². The molecule has 29 heavy (non-hydrogen) atoms. The number of aromatic nitrogens is 3. The van der Waals surface area contributed by atoms with Gasteiger partial charge in [0.15, 0.2) is 5.82 Å². The molecular weight excluding hydrogens is 388 g/mol. The van der Waals surface area contributed by atoms with E-state index in [1.807, 2.05) is 18.2 Å². The van der Waals surface area contributed by atoms with Crippen LogP contribution >= 0.6 is 0 Å². The highest BCUT2D eigenvalue weighted by atomic mass is 32.2. The molecule has 0 spiro atoms. The number of nitrogens with zero attached hydrogens (tertiary/aromatic N) is 4. The number of pyridine rings is 1. The lowest BCUT2D eigenvalue weighted by molar-refractivity contribution is 0.380. The Morgan fingerprint density at radius 1 is 1.10 bits per heavy atom. The van der Waals surface area contributed by atoms with Gasteiger partial charge in [-0.25, -0.2) is 13.4 Å². The average Bonchev–Trinajstić information content (AvgIpc) is 3.10. The van der Waals surface area contributed by atoms with E-state index in [1.54, 1.807) is 30.5 Å². The van der Waals surface area contributed by atoms with Crippen LogP contribution in [0.15, 0.2) is 53.6 Å². The minimum Gasteiger partial charge on any atom is -0.493 e. The van der Waals surface area contributed by atoms with E-state index in [2.05, 4.69) is 16.2 Å². The number of hydrogen-bond donors (Lipinski definition) is 1. The number of allylic oxidation sites excluding steroid dienone is 1. The normalized spacial score (nSPS) is 16.4. The molecule has 1 aliphatic carbocycles. The lowest BCUT2D eigenvalue weighted by atomic mass is 9.98. The minimum atomic E-state index is -3.65. The van der Waals surface area contributed by atoms with Gasteiger partial charge in [0, 0.05) is 18.3 Å². The fraction of sp³-hybridized carbons (Fsp3) is 0.238. The Labute approximate surface area is 169 Å². The number of aryl methyl sites for hydroxylation is 1. The first-order valence-corrected chi connectivity index (χ1v) is 11.0. The zero-order valence-electron chi connectivity index (χ0n) is 15.7. The van der Waals surface area contributed by atoms with Crippen LogP contribution in [0.5, 0.6) is 5.88 Å². The Bertz CT molecular complexity index is 1220. The highest BCUT2D eigenvalue weighted by Gasteiger charge is 2.33. The molecule has 1 aromatic carbocycles. The topological polar surface area (TPSA) is 88.3 Å². The summed E-state index contributed by atoms with van der Waals surface area (Å²) < 4.78 is 29.3. The number of benzene rings is 1. The second kappa shape index (κ2) is 6.82. The van der Waals surface area contributed by atoms with E-state index in [4.69, 9.17) is 0 Å². The highest BCUT2D eigenvalue weighted by Crippen LogP contribution is 2.32. The predicted molar refractivity (Wildman–Crippen MR) is 108 cm³/mol. The lowest BCUT2D eigenvalue weighted by Crippen LogP contribution is -2.36. The van der Waals surface area contributed by atoms with E-state index in [0.717, 1.165) is 18.4 Å². The maximum Gasteiger partial charge on any atom is 0.243 e. The summed E-state index contributed by atoms with van der Waals surface area (Å²) in [7, 11) is -3.65. The first-order chi connectivity index (χ1) is 14.0. The quantitative estimate of drug-likeness (QED) is 0.720. The molecule has 0 radical (unpaired) electrons. The van der Waals surface area contributed by atoms with Gasteiger partial charge in [0.1, 0.15) is 0 Å². The summed E-state index contributed by atoms with van der Waals surface area (Å²) in [6, 6.07) is 10.7. The number of rotatable bonds is 3. The van der Waals surface area contributed by atoms with Crippen LogP contribution in [0.3, 0.4) is 0 Å². The summed E-state index contributed by atoms with van der Waals surface area (Å²) >= 11 is 0. The second-order valence-electron chi connectivity index (χ2n) is 7.24. The molecule has 8 heteroatoms. The highest BCUT2D eigenvalue weighted by molar-refractivity contribution is 7.89. The Kier molecular flexibility index (Phi) is 4.25. The van der Waals surface area contributed by atoms with Crippen molar-refractivity contribution in [1.82, 2.24) is 19.1 Å². The van der Waals surface area contributed by atoms with Crippen molar-refractivity contribution in [2.24, 2.45) is 0 Å². The van der Waals surface area contributed by atoms with Crippen molar-refractivity contribution < 1.29 is 13.5 Å². The van der Waals surface area contributed by atoms with Crippen LogP contribution in [-0.2, 0) is 29.4 Å². The van der Waals surface area contributed by atoms with Gasteiger partial charge in [0.2, 0.25) is 15.9 Å². The van der Waals surface area contributed by atoms with Crippen molar-refractivity contribution in [3.63, 3.8) is 0 Å². The molecule has 0 saturated carbocycles. The zero-order valence-corrected chi connectivity index (χ0v) is 16.5. The van der Waals surface area contributed by atoms with Crippen molar-refractivity contribution in [2.45, 2.75) is 30.7 Å². The van der Waals surface area contributed by atoms with E-state index < -0.39 is 10.0 Å². The molecule has 7 nitrogen and oxygen atoms in total. The number of sulfonamides is 1. The Balaban J connectivity index is 1.47. The molecule has 3 aromatic rings. The molecule has 0 atom stereocenters. The predicted octanol–water partition coefficient (Wildman–Crippen LogP) is 2.68. The fourth-order valence-electron chi connectivity index (χ4n) is 3.91. The minimum absolute atomic E-state index is 0.0228. The lowest BCUT2D eigenvalue weighted by Gasteiger charge is -2.25. The van der Waals surface area contributed by atoms with Crippen molar-refractivity contribution in [1.29, 1.82) is 0 Å². The van der Waals surface area contributed by atoms with Crippen LogP contribution in [0.25, 0.3) is 11.9 Å². The van der Waals surface area contributed by atoms with E-state index >= 15 is 0 Å². The molecule has 0 bridgehead atoms. The monoisotopic (exact) mass is 408 g/mol. The summed E-state index contributed by atoms with van der Waals surface area (Å²) in [5.74, 6) is 0.518. The fourth-order valence-corrected chi connectivity index (χ4v) is 5.35. The maximum atomic E-state index is 13.2. The van der Waals surface area contributed by atoms with Crippen LogP contribution in [0.2, 0.25) is 0 Å². The van der Waals surface area contributed by atoms with Crippen LogP contribution in [0.1, 0.15) is 28.8 Å². The summed E-state index contributed by atoms with van der Waals surface area (Å²) in [4.78, 5) is 4.50. The molecule has 3 heterocycles. The van der Waals surface area contributed by atoms with Gasteiger partial charge < -0.3 is 5.11 Å². The molecular formula is C21H20N4O3S. The van der Waals surface area contributed by atoms with E-state index in [9.17, 15) is 13.5 Å². The molecule has 5 rings (SSSR count). The van der Waals surface area contributed by atoms with Crippen molar-refractivity contribution >= 4 is 16.1 Å². The van der Waals surface area contributed by atoms with Gasteiger partial charge in [-0.05, 0) is 54.7 Å². The van der Waals surface area contributed by atoms with Gasteiger partial charge in [-0.2, -0.15) is 14.1 Å².